The minimum absolute atomic E-state index is 0.157. The molecule has 0 bridgehead atoms. The number of methoxy groups -OCH3 is 2. The Morgan fingerprint density at radius 3 is 2.59 bits per heavy atom. The third-order valence-corrected chi connectivity index (χ3v) is 8.04. The van der Waals surface area contributed by atoms with Crippen molar-refractivity contribution in [3.05, 3.63) is 59.7 Å². The molecular formula is C26H35N3O2S. The van der Waals surface area contributed by atoms with Crippen LogP contribution in [0.15, 0.2) is 48.5 Å². The highest BCUT2D eigenvalue weighted by Crippen LogP contribution is 2.50. The standard InChI is InChI=1S/C26H35N3O2S/c1-28-15-14-26(20-10-11-22(30-3)23(16-20)31-4)13-12-21(17-24(26)28)29(2)25(32)27-18-19-8-6-5-7-9-19/h5-11,16,21,24H,12-15,17-18H2,1-4H3,(H,27,32)/t21-,24+,26+/m1/s1. The van der Waals surface area contributed by atoms with Crippen LogP contribution in [0.25, 0.3) is 0 Å². The maximum absolute atomic E-state index is 5.76. The Morgan fingerprint density at radius 1 is 1.12 bits per heavy atom. The topological polar surface area (TPSA) is 37.0 Å². The van der Waals surface area contributed by atoms with Gasteiger partial charge in [0.15, 0.2) is 16.6 Å². The highest BCUT2D eigenvalue weighted by atomic mass is 32.1. The molecule has 0 spiro atoms. The van der Waals surface area contributed by atoms with E-state index in [0.717, 1.165) is 49.0 Å². The molecule has 1 aliphatic heterocycles. The zero-order valence-electron chi connectivity index (χ0n) is 19.6. The van der Waals surface area contributed by atoms with Gasteiger partial charge in [0.2, 0.25) is 0 Å². The average Bonchev–Trinajstić information content (AvgIpc) is 3.19. The fourth-order valence-corrected chi connectivity index (χ4v) is 5.88. The van der Waals surface area contributed by atoms with Crippen molar-refractivity contribution >= 4 is 17.3 Å². The molecule has 172 valence electrons. The second-order valence-corrected chi connectivity index (χ2v) is 9.54. The molecule has 1 aliphatic carbocycles. The number of ether oxygens (including phenoxy) is 2. The normalized spacial score (nSPS) is 25.1. The van der Waals surface area contributed by atoms with Crippen molar-refractivity contribution < 1.29 is 9.47 Å². The number of hydrogen-bond donors (Lipinski definition) is 1. The lowest BCUT2D eigenvalue weighted by Gasteiger charge is -2.47. The largest absolute Gasteiger partial charge is 0.493 e. The van der Waals surface area contributed by atoms with Gasteiger partial charge in [-0.2, -0.15) is 0 Å². The lowest BCUT2D eigenvalue weighted by Crippen LogP contribution is -2.53. The molecule has 0 radical (unpaired) electrons. The number of fused-ring (bicyclic) bond motifs is 1. The molecule has 1 saturated carbocycles. The summed E-state index contributed by atoms with van der Waals surface area (Å²) in [5, 5.41) is 4.28. The van der Waals surface area contributed by atoms with Crippen LogP contribution in [0.5, 0.6) is 11.5 Å². The summed E-state index contributed by atoms with van der Waals surface area (Å²) in [7, 11) is 7.81. The van der Waals surface area contributed by atoms with E-state index in [1.54, 1.807) is 14.2 Å². The van der Waals surface area contributed by atoms with E-state index in [2.05, 4.69) is 71.7 Å². The fraction of sp³-hybridized carbons (Fsp3) is 0.500. The summed E-state index contributed by atoms with van der Waals surface area (Å²) in [5.41, 5.74) is 2.77. The Labute approximate surface area is 197 Å². The van der Waals surface area contributed by atoms with Crippen LogP contribution in [0.4, 0.5) is 0 Å². The first-order valence-corrected chi connectivity index (χ1v) is 11.9. The smallest absolute Gasteiger partial charge is 0.169 e. The maximum Gasteiger partial charge on any atom is 0.169 e. The second-order valence-electron chi connectivity index (χ2n) is 9.16. The maximum atomic E-state index is 5.76. The summed E-state index contributed by atoms with van der Waals surface area (Å²) in [5.74, 6) is 1.61. The van der Waals surface area contributed by atoms with Gasteiger partial charge in [-0.15, -0.1) is 0 Å². The Balaban J connectivity index is 1.48. The number of rotatable bonds is 6. The van der Waals surface area contributed by atoms with Crippen molar-refractivity contribution in [3.8, 4) is 11.5 Å². The van der Waals surface area contributed by atoms with Crippen molar-refractivity contribution in [2.45, 2.75) is 49.7 Å². The number of likely N-dealkylation sites (N-methyl/N-ethyl adjacent to an activating group) is 1. The molecule has 2 fully saturated rings. The van der Waals surface area contributed by atoms with Gasteiger partial charge in [-0.3, -0.25) is 0 Å². The van der Waals surface area contributed by atoms with Gasteiger partial charge in [0.25, 0.3) is 0 Å². The summed E-state index contributed by atoms with van der Waals surface area (Å²) in [6.45, 7) is 1.88. The highest BCUT2D eigenvalue weighted by molar-refractivity contribution is 7.80. The van der Waals surface area contributed by atoms with E-state index in [-0.39, 0.29) is 5.41 Å². The van der Waals surface area contributed by atoms with E-state index in [4.69, 9.17) is 21.7 Å². The Morgan fingerprint density at radius 2 is 1.88 bits per heavy atom. The first kappa shape index (κ1) is 22.9. The van der Waals surface area contributed by atoms with E-state index in [1.807, 2.05) is 6.07 Å². The van der Waals surface area contributed by atoms with Gasteiger partial charge in [0.1, 0.15) is 0 Å². The van der Waals surface area contributed by atoms with Gasteiger partial charge in [0.05, 0.1) is 14.2 Å². The van der Waals surface area contributed by atoms with Crippen molar-refractivity contribution in [1.82, 2.24) is 15.1 Å². The van der Waals surface area contributed by atoms with Crippen LogP contribution in [0.3, 0.4) is 0 Å². The number of nitrogens with zero attached hydrogens (tertiary/aromatic N) is 2. The van der Waals surface area contributed by atoms with Gasteiger partial charge in [0, 0.05) is 31.1 Å². The number of likely N-dealkylation sites (tertiary alicyclic amines) is 1. The molecule has 6 heteroatoms. The summed E-state index contributed by atoms with van der Waals surface area (Å²) < 4.78 is 11.1. The molecule has 4 rings (SSSR count). The van der Waals surface area contributed by atoms with E-state index >= 15 is 0 Å². The molecule has 5 nitrogen and oxygen atoms in total. The number of hydrogen-bond acceptors (Lipinski definition) is 4. The van der Waals surface area contributed by atoms with Crippen molar-refractivity contribution in [2.24, 2.45) is 0 Å². The Bertz CT molecular complexity index is 938. The molecule has 0 amide bonds. The molecule has 3 atom stereocenters. The van der Waals surface area contributed by atoms with E-state index in [0.29, 0.717) is 12.1 Å². The first-order valence-electron chi connectivity index (χ1n) is 11.5. The molecule has 0 unspecified atom stereocenters. The van der Waals surface area contributed by atoms with Crippen LogP contribution in [0.1, 0.15) is 36.8 Å². The van der Waals surface area contributed by atoms with Crippen LogP contribution in [0, 0.1) is 0 Å². The molecule has 1 saturated heterocycles. The van der Waals surface area contributed by atoms with Crippen LogP contribution in [-0.4, -0.2) is 61.9 Å². The summed E-state index contributed by atoms with van der Waals surface area (Å²) >= 11 is 5.76. The molecule has 0 aromatic heterocycles. The monoisotopic (exact) mass is 453 g/mol. The van der Waals surface area contributed by atoms with Crippen molar-refractivity contribution in [1.29, 1.82) is 0 Å². The molecule has 1 N–H and O–H groups in total. The lowest BCUT2D eigenvalue weighted by molar-refractivity contribution is 0.126. The Kier molecular flexibility index (Phi) is 6.91. The number of benzene rings is 2. The Hall–Kier alpha value is -2.31. The first-order chi connectivity index (χ1) is 15.5. The SMILES string of the molecule is COc1ccc([C@@]23CC[C@@H](N(C)C(=S)NCc4ccccc4)C[C@@H]2N(C)CC3)cc1OC. The number of thiocarbonyl (C=S) groups is 1. The van der Waals surface area contributed by atoms with Gasteiger partial charge in [-0.1, -0.05) is 36.4 Å². The predicted molar refractivity (Wildman–Crippen MR) is 134 cm³/mol. The van der Waals surface area contributed by atoms with Gasteiger partial charge < -0.3 is 24.6 Å². The minimum Gasteiger partial charge on any atom is -0.493 e. The third-order valence-electron chi connectivity index (χ3n) is 7.61. The van der Waals surface area contributed by atoms with Crippen LogP contribution in [0.2, 0.25) is 0 Å². The average molecular weight is 454 g/mol. The highest BCUT2D eigenvalue weighted by Gasteiger charge is 2.51. The van der Waals surface area contributed by atoms with Gasteiger partial charge >= 0.3 is 0 Å². The summed E-state index contributed by atoms with van der Waals surface area (Å²) in [6.07, 6.45) is 4.56. The molecular weight excluding hydrogens is 418 g/mol. The second kappa shape index (κ2) is 9.67. The van der Waals surface area contributed by atoms with Crippen LogP contribution in [-0.2, 0) is 12.0 Å². The van der Waals surface area contributed by atoms with E-state index in [1.165, 1.54) is 17.5 Å². The zero-order valence-corrected chi connectivity index (χ0v) is 20.5. The lowest BCUT2D eigenvalue weighted by atomic mass is 9.65. The molecule has 2 aromatic carbocycles. The fourth-order valence-electron chi connectivity index (χ4n) is 5.66. The summed E-state index contributed by atoms with van der Waals surface area (Å²) in [4.78, 5) is 4.82. The van der Waals surface area contributed by atoms with E-state index in [9.17, 15) is 0 Å². The summed E-state index contributed by atoms with van der Waals surface area (Å²) in [6, 6.07) is 17.8. The van der Waals surface area contributed by atoms with Crippen molar-refractivity contribution in [3.63, 3.8) is 0 Å². The zero-order chi connectivity index (χ0) is 22.7. The van der Waals surface area contributed by atoms with E-state index < -0.39 is 0 Å². The van der Waals surface area contributed by atoms with Crippen LogP contribution < -0.4 is 14.8 Å². The molecule has 1 heterocycles. The third kappa shape index (κ3) is 4.30. The molecule has 2 aromatic rings. The molecule has 2 aliphatic rings. The van der Waals surface area contributed by atoms with Gasteiger partial charge in [-0.05, 0) is 74.8 Å². The van der Waals surface area contributed by atoms with Gasteiger partial charge in [-0.25, -0.2) is 0 Å². The predicted octanol–water partition coefficient (Wildman–Crippen LogP) is 4.20. The quantitative estimate of drug-likeness (QED) is 0.661. The van der Waals surface area contributed by atoms with Crippen molar-refractivity contribution in [2.75, 3.05) is 34.9 Å². The minimum atomic E-state index is 0.157. The number of nitrogens with one attached hydrogen (secondary N) is 1. The molecule has 32 heavy (non-hydrogen) atoms. The van der Waals surface area contributed by atoms with Crippen LogP contribution >= 0.6 is 12.2 Å².